The molecule has 0 unspecified atom stereocenters. The minimum Gasteiger partial charge on any atom is -0.339 e. The quantitative estimate of drug-likeness (QED) is 0.914. The number of hydrogen-bond donors (Lipinski definition) is 1. The van der Waals surface area contributed by atoms with Gasteiger partial charge in [0.15, 0.2) is 0 Å². The number of nitrogens with zero attached hydrogens (tertiary/aromatic N) is 3. The summed E-state index contributed by atoms with van der Waals surface area (Å²) < 4.78 is 5.27. The molecule has 5 nitrogen and oxygen atoms in total. The fourth-order valence-corrected chi connectivity index (χ4v) is 1.73. The highest BCUT2D eigenvalue weighted by Crippen LogP contribution is 2.18. The summed E-state index contributed by atoms with van der Waals surface area (Å²) in [5, 5.41) is 7.41. The number of pyridine rings is 1. The first-order chi connectivity index (χ1) is 8.96. The lowest BCUT2D eigenvalue weighted by atomic mass is 10.1. The first-order valence-electron chi connectivity index (χ1n) is 6.44. The van der Waals surface area contributed by atoms with Crippen molar-refractivity contribution in [2.75, 3.05) is 6.54 Å². The third-order valence-electron chi connectivity index (χ3n) is 2.72. The van der Waals surface area contributed by atoms with Gasteiger partial charge < -0.3 is 9.84 Å². The molecule has 0 spiro atoms. The Kier molecular flexibility index (Phi) is 3.95. The van der Waals surface area contributed by atoms with Crippen LogP contribution in [0.2, 0.25) is 0 Å². The molecule has 0 amide bonds. The van der Waals surface area contributed by atoms with Crippen LogP contribution in [0, 0.1) is 6.92 Å². The van der Waals surface area contributed by atoms with Gasteiger partial charge >= 0.3 is 0 Å². The van der Waals surface area contributed by atoms with Gasteiger partial charge in [0.1, 0.15) is 0 Å². The Bertz CT molecular complexity index is 542. The number of aromatic nitrogens is 3. The Morgan fingerprint density at radius 3 is 2.79 bits per heavy atom. The van der Waals surface area contributed by atoms with Gasteiger partial charge in [0.05, 0.1) is 0 Å². The molecule has 0 aliphatic carbocycles. The van der Waals surface area contributed by atoms with E-state index in [1.54, 1.807) is 12.4 Å². The molecule has 1 N–H and O–H groups in total. The van der Waals surface area contributed by atoms with Crippen LogP contribution in [-0.4, -0.2) is 27.2 Å². The second kappa shape index (κ2) is 5.48. The van der Waals surface area contributed by atoms with Crippen LogP contribution in [0.5, 0.6) is 0 Å². The van der Waals surface area contributed by atoms with E-state index < -0.39 is 0 Å². The molecule has 0 saturated heterocycles. The van der Waals surface area contributed by atoms with Crippen molar-refractivity contribution in [3.63, 3.8) is 0 Å². The molecule has 0 fully saturated rings. The summed E-state index contributed by atoms with van der Waals surface area (Å²) in [6, 6.07) is 1.90. The van der Waals surface area contributed by atoms with Gasteiger partial charge in [-0.3, -0.25) is 4.98 Å². The average molecular weight is 260 g/mol. The first-order valence-corrected chi connectivity index (χ1v) is 6.44. The molecule has 2 aromatic heterocycles. The molecule has 0 atom stereocenters. The van der Waals surface area contributed by atoms with Crippen molar-refractivity contribution in [1.29, 1.82) is 0 Å². The molecule has 0 radical (unpaired) electrons. The van der Waals surface area contributed by atoms with Crippen LogP contribution in [0.25, 0.3) is 11.4 Å². The summed E-state index contributed by atoms with van der Waals surface area (Å²) in [5.74, 6) is 1.29. The van der Waals surface area contributed by atoms with Crippen molar-refractivity contribution in [2.45, 2.75) is 39.7 Å². The Morgan fingerprint density at radius 1 is 1.32 bits per heavy atom. The third kappa shape index (κ3) is 3.86. The summed E-state index contributed by atoms with van der Waals surface area (Å²) in [4.78, 5) is 8.47. The Labute approximate surface area is 113 Å². The topological polar surface area (TPSA) is 63.8 Å². The smallest absolute Gasteiger partial charge is 0.228 e. The molecule has 2 rings (SSSR count). The normalized spacial score (nSPS) is 11.8. The minimum atomic E-state index is 0.102. The summed E-state index contributed by atoms with van der Waals surface area (Å²) >= 11 is 0. The highest BCUT2D eigenvalue weighted by Gasteiger charge is 2.12. The Balaban J connectivity index is 2.02. The Hall–Kier alpha value is -1.75. The highest BCUT2D eigenvalue weighted by atomic mass is 16.5. The zero-order valence-corrected chi connectivity index (χ0v) is 11.9. The zero-order chi connectivity index (χ0) is 13.9. The largest absolute Gasteiger partial charge is 0.339 e. The molecule has 0 bridgehead atoms. The van der Waals surface area contributed by atoms with E-state index in [2.05, 4.69) is 41.2 Å². The van der Waals surface area contributed by atoms with Gasteiger partial charge in [0, 0.05) is 36.5 Å². The van der Waals surface area contributed by atoms with Gasteiger partial charge in [-0.05, 0) is 39.3 Å². The molecule has 0 saturated carbocycles. The molecule has 0 aliphatic heterocycles. The van der Waals surface area contributed by atoms with Gasteiger partial charge in [-0.25, -0.2) is 0 Å². The molecule has 2 heterocycles. The average Bonchev–Trinajstić information content (AvgIpc) is 2.76. The van der Waals surface area contributed by atoms with Gasteiger partial charge in [0.25, 0.3) is 0 Å². The lowest BCUT2D eigenvalue weighted by Crippen LogP contribution is -2.37. The van der Waals surface area contributed by atoms with E-state index in [-0.39, 0.29) is 5.54 Å². The van der Waals surface area contributed by atoms with E-state index in [0.29, 0.717) is 11.7 Å². The summed E-state index contributed by atoms with van der Waals surface area (Å²) in [5.41, 5.74) is 2.11. The van der Waals surface area contributed by atoms with Gasteiger partial charge in [-0.2, -0.15) is 4.98 Å². The van der Waals surface area contributed by atoms with E-state index in [1.807, 2.05) is 13.0 Å². The van der Waals surface area contributed by atoms with Crippen LogP contribution in [-0.2, 0) is 6.42 Å². The monoisotopic (exact) mass is 260 g/mol. The predicted octanol–water partition coefficient (Wildman–Crippen LogP) is 2.37. The highest BCUT2D eigenvalue weighted by molar-refractivity contribution is 5.57. The molecule has 19 heavy (non-hydrogen) atoms. The maximum atomic E-state index is 5.27. The molecule has 0 aliphatic rings. The second-order valence-electron chi connectivity index (χ2n) is 5.63. The first kappa shape index (κ1) is 13.7. The number of nitrogens with one attached hydrogen (secondary N) is 1. The predicted molar refractivity (Wildman–Crippen MR) is 73.7 cm³/mol. The van der Waals surface area contributed by atoms with Crippen LogP contribution in [0.1, 0.15) is 32.2 Å². The molecular weight excluding hydrogens is 240 g/mol. The minimum absolute atomic E-state index is 0.102. The van der Waals surface area contributed by atoms with Crippen LogP contribution in [0.15, 0.2) is 23.0 Å². The summed E-state index contributed by atoms with van der Waals surface area (Å²) in [6.45, 7) is 9.20. The number of rotatable bonds is 4. The van der Waals surface area contributed by atoms with Crippen molar-refractivity contribution in [2.24, 2.45) is 0 Å². The van der Waals surface area contributed by atoms with E-state index in [0.717, 1.165) is 24.1 Å². The van der Waals surface area contributed by atoms with Crippen molar-refractivity contribution in [3.8, 4) is 11.4 Å². The summed E-state index contributed by atoms with van der Waals surface area (Å²) in [6.07, 6.45) is 4.26. The standard InChI is InChI=1S/C14H20N4O/c1-10-9-15-7-5-11(10)13-17-12(19-18-13)6-8-16-14(2,3)4/h5,7,9,16H,6,8H2,1-4H3. The molecule has 2 aromatic rings. The molecule has 5 heteroatoms. The molecule has 0 aromatic carbocycles. The maximum absolute atomic E-state index is 5.27. The van der Waals surface area contributed by atoms with Gasteiger partial charge in [-0.15, -0.1) is 0 Å². The van der Waals surface area contributed by atoms with Crippen LogP contribution in [0.3, 0.4) is 0 Å². The van der Waals surface area contributed by atoms with E-state index in [4.69, 9.17) is 4.52 Å². The van der Waals surface area contributed by atoms with Crippen LogP contribution >= 0.6 is 0 Å². The van der Waals surface area contributed by atoms with Crippen molar-refractivity contribution in [1.82, 2.24) is 20.4 Å². The van der Waals surface area contributed by atoms with E-state index >= 15 is 0 Å². The third-order valence-corrected chi connectivity index (χ3v) is 2.72. The van der Waals surface area contributed by atoms with Gasteiger partial charge in [-0.1, -0.05) is 5.16 Å². The van der Waals surface area contributed by atoms with Crippen LogP contribution in [0.4, 0.5) is 0 Å². The fourth-order valence-electron chi connectivity index (χ4n) is 1.73. The van der Waals surface area contributed by atoms with Crippen molar-refractivity contribution >= 4 is 0 Å². The van der Waals surface area contributed by atoms with Crippen molar-refractivity contribution in [3.05, 3.63) is 29.9 Å². The Morgan fingerprint density at radius 2 is 2.11 bits per heavy atom. The van der Waals surface area contributed by atoms with Gasteiger partial charge in [0.2, 0.25) is 11.7 Å². The number of aryl methyl sites for hydroxylation is 1. The number of hydrogen-bond acceptors (Lipinski definition) is 5. The maximum Gasteiger partial charge on any atom is 0.228 e. The summed E-state index contributed by atoms with van der Waals surface area (Å²) in [7, 11) is 0. The van der Waals surface area contributed by atoms with E-state index in [9.17, 15) is 0 Å². The lowest BCUT2D eigenvalue weighted by Gasteiger charge is -2.19. The van der Waals surface area contributed by atoms with Crippen molar-refractivity contribution < 1.29 is 4.52 Å². The molecule has 102 valence electrons. The van der Waals surface area contributed by atoms with E-state index in [1.165, 1.54) is 0 Å². The zero-order valence-electron chi connectivity index (χ0n) is 11.9. The lowest BCUT2D eigenvalue weighted by molar-refractivity contribution is 0.362. The SMILES string of the molecule is Cc1cnccc1-c1noc(CCNC(C)(C)C)n1. The second-order valence-corrected chi connectivity index (χ2v) is 5.63. The van der Waals surface area contributed by atoms with Crippen LogP contribution < -0.4 is 5.32 Å². The fraction of sp³-hybridized carbons (Fsp3) is 0.500. The molecular formula is C14H20N4O.